The lowest BCUT2D eigenvalue weighted by Crippen LogP contribution is -2.24. The normalized spacial score (nSPS) is 9.33. The third kappa shape index (κ3) is 2.13. The number of carbonyl (C=O) groups excluding carboxylic acids is 1. The van der Waals surface area contributed by atoms with Crippen molar-refractivity contribution in [2.24, 2.45) is 0 Å². The molecule has 0 saturated heterocycles. The molecule has 1 heterocycles. The Kier molecular flexibility index (Phi) is 2.91. The van der Waals surface area contributed by atoms with Gasteiger partial charge >= 0.3 is 5.91 Å². The van der Waals surface area contributed by atoms with E-state index in [4.69, 9.17) is 0 Å². The second-order valence-corrected chi connectivity index (χ2v) is 1.77. The van der Waals surface area contributed by atoms with Crippen LogP contribution in [-0.4, -0.2) is 33.1 Å². The Morgan fingerprint density at radius 3 is 3.25 bits per heavy atom. The van der Waals surface area contributed by atoms with E-state index in [0.717, 1.165) is 0 Å². The third-order valence-corrected chi connectivity index (χ3v) is 0.914. The molecule has 7 heteroatoms. The van der Waals surface area contributed by atoms with Crippen LogP contribution in [0.15, 0.2) is 12.7 Å². The minimum atomic E-state index is -0.550. The van der Waals surface area contributed by atoms with E-state index in [1.165, 1.54) is 6.08 Å². The van der Waals surface area contributed by atoms with E-state index in [1.807, 2.05) is 0 Å². The fraction of sp³-hybridized carbons (Fsp3) is 0.200. The standard InChI is InChI=1S/C5H7N5O2/c1-2-3-12-8-5(11)4-6-9-10-7-4/h2H,1,3H2,(H,8,11)(H,6,7,9,10). The number of H-pyrrole nitrogens is 1. The van der Waals surface area contributed by atoms with Gasteiger partial charge < -0.3 is 0 Å². The summed E-state index contributed by atoms with van der Waals surface area (Å²) in [6.07, 6.45) is 1.50. The molecule has 0 radical (unpaired) electrons. The quantitative estimate of drug-likeness (QED) is 0.344. The smallest absolute Gasteiger partial charge is 0.269 e. The van der Waals surface area contributed by atoms with Gasteiger partial charge in [0.05, 0.1) is 6.61 Å². The summed E-state index contributed by atoms with van der Waals surface area (Å²) in [5.41, 5.74) is 2.09. The summed E-state index contributed by atoms with van der Waals surface area (Å²) in [6.45, 7) is 3.62. The summed E-state index contributed by atoms with van der Waals surface area (Å²) in [6, 6.07) is 0. The number of rotatable bonds is 4. The second kappa shape index (κ2) is 4.19. The van der Waals surface area contributed by atoms with Crippen molar-refractivity contribution >= 4 is 5.91 Å². The number of aromatic nitrogens is 4. The Morgan fingerprint density at radius 2 is 2.67 bits per heavy atom. The molecule has 1 amide bonds. The number of tetrazole rings is 1. The Hall–Kier alpha value is -1.76. The van der Waals surface area contributed by atoms with E-state index in [9.17, 15) is 4.79 Å². The highest BCUT2D eigenvalue weighted by atomic mass is 16.6. The minimum absolute atomic E-state index is 0.0703. The van der Waals surface area contributed by atoms with Crippen LogP contribution in [0.25, 0.3) is 0 Å². The van der Waals surface area contributed by atoms with Gasteiger partial charge in [0.15, 0.2) is 0 Å². The lowest BCUT2D eigenvalue weighted by molar-refractivity contribution is 0.0411. The summed E-state index contributed by atoms with van der Waals surface area (Å²) in [5.74, 6) is -0.621. The zero-order valence-electron chi connectivity index (χ0n) is 6.15. The van der Waals surface area contributed by atoms with Crippen molar-refractivity contribution in [3.63, 3.8) is 0 Å². The SMILES string of the molecule is C=CCONC(=O)c1nn[nH]n1. The van der Waals surface area contributed by atoms with Gasteiger partial charge in [-0.1, -0.05) is 6.08 Å². The Labute approximate surface area is 67.8 Å². The van der Waals surface area contributed by atoms with Gasteiger partial charge in [-0.05, 0) is 5.21 Å². The summed E-state index contributed by atoms with van der Waals surface area (Å²) >= 11 is 0. The molecule has 0 fully saturated rings. The Balaban J connectivity index is 2.34. The minimum Gasteiger partial charge on any atom is -0.269 e. The highest BCUT2D eigenvalue weighted by Crippen LogP contribution is 1.82. The molecular formula is C5H7N5O2. The van der Waals surface area contributed by atoms with Gasteiger partial charge in [0.25, 0.3) is 5.82 Å². The second-order valence-electron chi connectivity index (χ2n) is 1.77. The molecule has 0 spiro atoms. The third-order valence-electron chi connectivity index (χ3n) is 0.914. The molecule has 0 unspecified atom stereocenters. The average molecular weight is 169 g/mol. The van der Waals surface area contributed by atoms with Gasteiger partial charge in [-0.2, -0.15) is 5.21 Å². The molecule has 0 aliphatic carbocycles. The first-order valence-electron chi connectivity index (χ1n) is 3.11. The molecule has 0 aromatic carbocycles. The number of nitrogens with one attached hydrogen (secondary N) is 2. The highest BCUT2D eigenvalue weighted by Gasteiger charge is 2.08. The number of nitrogens with zero attached hydrogens (tertiary/aromatic N) is 3. The summed E-state index contributed by atoms with van der Waals surface area (Å²) in [4.78, 5) is 15.6. The first kappa shape index (κ1) is 8.34. The molecule has 1 aromatic heterocycles. The van der Waals surface area contributed by atoms with E-state index in [1.54, 1.807) is 0 Å². The van der Waals surface area contributed by atoms with E-state index >= 15 is 0 Å². The van der Waals surface area contributed by atoms with Gasteiger partial charge in [-0.3, -0.25) is 9.63 Å². The molecule has 1 aromatic rings. The average Bonchev–Trinajstić information content (AvgIpc) is 2.56. The van der Waals surface area contributed by atoms with Gasteiger partial charge in [0.1, 0.15) is 0 Å². The predicted molar refractivity (Wildman–Crippen MR) is 37.8 cm³/mol. The molecule has 64 valence electrons. The van der Waals surface area contributed by atoms with Gasteiger partial charge in [0.2, 0.25) is 0 Å². The van der Waals surface area contributed by atoms with Crippen LogP contribution in [0.2, 0.25) is 0 Å². The lowest BCUT2D eigenvalue weighted by Gasteiger charge is -1.98. The van der Waals surface area contributed by atoms with Crippen LogP contribution in [-0.2, 0) is 4.84 Å². The van der Waals surface area contributed by atoms with E-state index in [0.29, 0.717) is 0 Å². The van der Waals surface area contributed by atoms with Crippen LogP contribution < -0.4 is 5.48 Å². The van der Waals surface area contributed by atoms with Crippen molar-refractivity contribution in [2.75, 3.05) is 6.61 Å². The molecule has 12 heavy (non-hydrogen) atoms. The van der Waals surface area contributed by atoms with Crippen molar-refractivity contribution in [2.45, 2.75) is 0 Å². The topological polar surface area (TPSA) is 92.8 Å². The number of carbonyl (C=O) groups is 1. The van der Waals surface area contributed by atoms with Crippen LogP contribution in [0.5, 0.6) is 0 Å². The van der Waals surface area contributed by atoms with Crippen molar-refractivity contribution in [1.82, 2.24) is 26.1 Å². The van der Waals surface area contributed by atoms with E-state index in [2.05, 4.69) is 37.5 Å². The molecule has 2 N–H and O–H groups in total. The predicted octanol–water partition coefficient (Wildman–Crippen LogP) is -0.953. The largest absolute Gasteiger partial charge is 0.316 e. The van der Waals surface area contributed by atoms with E-state index in [-0.39, 0.29) is 12.4 Å². The van der Waals surface area contributed by atoms with Crippen molar-refractivity contribution in [3.05, 3.63) is 18.5 Å². The first-order valence-corrected chi connectivity index (χ1v) is 3.11. The van der Waals surface area contributed by atoms with Crippen LogP contribution in [0.1, 0.15) is 10.6 Å². The molecule has 7 nitrogen and oxygen atoms in total. The molecule has 0 saturated carbocycles. The van der Waals surface area contributed by atoms with Crippen LogP contribution in [0.3, 0.4) is 0 Å². The van der Waals surface area contributed by atoms with Gasteiger partial charge in [-0.25, -0.2) is 5.48 Å². The first-order chi connectivity index (χ1) is 5.84. The zero-order valence-corrected chi connectivity index (χ0v) is 6.15. The van der Waals surface area contributed by atoms with Crippen molar-refractivity contribution in [1.29, 1.82) is 0 Å². The van der Waals surface area contributed by atoms with Crippen molar-refractivity contribution < 1.29 is 9.63 Å². The molecule has 0 atom stereocenters. The zero-order chi connectivity index (χ0) is 8.81. The van der Waals surface area contributed by atoms with Gasteiger partial charge in [-0.15, -0.1) is 16.8 Å². The maximum Gasteiger partial charge on any atom is 0.316 e. The van der Waals surface area contributed by atoms with Crippen LogP contribution in [0, 0.1) is 0 Å². The Bertz CT molecular complexity index is 257. The van der Waals surface area contributed by atoms with Crippen LogP contribution >= 0.6 is 0 Å². The molecule has 0 aliphatic rings. The van der Waals surface area contributed by atoms with Crippen molar-refractivity contribution in [3.8, 4) is 0 Å². The molecule has 0 aliphatic heterocycles. The number of aromatic amines is 1. The lowest BCUT2D eigenvalue weighted by atomic mass is 10.6. The summed E-state index contributed by atoms with van der Waals surface area (Å²) in [5, 5.41) is 12.2. The number of hydrogen-bond donors (Lipinski definition) is 2. The van der Waals surface area contributed by atoms with E-state index < -0.39 is 5.91 Å². The fourth-order valence-corrected chi connectivity index (χ4v) is 0.470. The molecular weight excluding hydrogens is 162 g/mol. The van der Waals surface area contributed by atoms with Crippen LogP contribution in [0.4, 0.5) is 0 Å². The fourth-order valence-electron chi connectivity index (χ4n) is 0.470. The monoisotopic (exact) mass is 169 g/mol. The summed E-state index contributed by atoms with van der Waals surface area (Å²) in [7, 11) is 0. The van der Waals surface area contributed by atoms with Gasteiger partial charge in [0, 0.05) is 0 Å². The molecule has 1 rings (SSSR count). The highest BCUT2D eigenvalue weighted by molar-refractivity contribution is 5.89. The molecule has 0 bridgehead atoms. The number of amides is 1. The number of hydroxylamine groups is 1. The Morgan fingerprint density at radius 1 is 1.83 bits per heavy atom. The maximum absolute atomic E-state index is 10.9. The maximum atomic E-state index is 10.9. The number of hydrogen-bond acceptors (Lipinski definition) is 5. The summed E-state index contributed by atoms with van der Waals surface area (Å²) < 4.78 is 0.